The number of hydrogen-bond donors (Lipinski definition) is 0. The van der Waals surface area contributed by atoms with Crippen LogP contribution in [0.15, 0.2) is 12.3 Å². The Labute approximate surface area is 96.7 Å². The van der Waals surface area contributed by atoms with Gasteiger partial charge >= 0.3 is 0 Å². The van der Waals surface area contributed by atoms with Crippen LogP contribution in [0.25, 0.3) is 0 Å². The summed E-state index contributed by atoms with van der Waals surface area (Å²) in [5.74, 6) is 0. The van der Waals surface area contributed by atoms with E-state index in [2.05, 4.69) is 29.4 Å². The van der Waals surface area contributed by atoms with Crippen molar-refractivity contribution in [3.8, 4) is 0 Å². The van der Waals surface area contributed by atoms with E-state index in [1.807, 2.05) is 31.3 Å². The van der Waals surface area contributed by atoms with E-state index in [9.17, 15) is 0 Å². The highest BCUT2D eigenvalue weighted by Crippen LogP contribution is 2.08. The molecular weight excluding hydrogens is 199 g/mol. The molecule has 2 aromatic heterocycles. The summed E-state index contributed by atoms with van der Waals surface area (Å²) in [6, 6.07) is 2.17. The van der Waals surface area contributed by atoms with Crippen molar-refractivity contribution < 1.29 is 0 Å². The standard InChI is InChI=1S/C11H17BN4/c1-4-9-6-10(16(3)13-9)5-8-7-15(2)14-11(8)12/h6-7H,4-5,12H2,1-3H3. The first-order valence-corrected chi connectivity index (χ1v) is 5.61. The zero-order valence-corrected chi connectivity index (χ0v) is 10.4. The normalized spacial score (nSPS) is 10.9. The number of nitrogens with zero attached hydrogens (tertiary/aromatic N) is 4. The van der Waals surface area contributed by atoms with E-state index in [1.54, 1.807) is 0 Å². The van der Waals surface area contributed by atoms with Crippen LogP contribution in [0.1, 0.15) is 23.9 Å². The van der Waals surface area contributed by atoms with E-state index in [0.29, 0.717) is 0 Å². The van der Waals surface area contributed by atoms with Crippen LogP contribution in [-0.4, -0.2) is 27.4 Å². The second-order valence-electron chi connectivity index (χ2n) is 4.19. The van der Waals surface area contributed by atoms with Crippen LogP contribution in [-0.2, 0) is 26.9 Å². The lowest BCUT2D eigenvalue weighted by Gasteiger charge is -1.99. The molecular formula is C11H17BN4. The van der Waals surface area contributed by atoms with Gasteiger partial charge in [-0.25, -0.2) is 0 Å². The van der Waals surface area contributed by atoms with E-state index in [4.69, 9.17) is 0 Å². The van der Waals surface area contributed by atoms with Crippen molar-refractivity contribution in [2.75, 3.05) is 0 Å². The summed E-state index contributed by atoms with van der Waals surface area (Å²) in [6.45, 7) is 2.13. The van der Waals surface area contributed by atoms with Crippen LogP contribution >= 0.6 is 0 Å². The summed E-state index contributed by atoms with van der Waals surface area (Å²) in [5.41, 5.74) is 4.77. The summed E-state index contributed by atoms with van der Waals surface area (Å²) >= 11 is 0. The SMILES string of the molecule is Bc1nn(C)cc1Cc1cc(CC)nn1C. The molecule has 0 aliphatic heterocycles. The monoisotopic (exact) mass is 216 g/mol. The predicted molar refractivity (Wildman–Crippen MR) is 66.8 cm³/mol. The van der Waals surface area contributed by atoms with E-state index in [0.717, 1.165) is 24.1 Å². The van der Waals surface area contributed by atoms with Gasteiger partial charge in [-0.1, -0.05) is 6.92 Å². The smallest absolute Gasteiger partial charge is 0.166 e. The third-order valence-corrected chi connectivity index (χ3v) is 2.88. The van der Waals surface area contributed by atoms with Crippen molar-refractivity contribution >= 4 is 13.4 Å². The lowest BCUT2D eigenvalue weighted by molar-refractivity contribution is 0.710. The van der Waals surface area contributed by atoms with Crippen molar-refractivity contribution in [1.29, 1.82) is 0 Å². The molecule has 0 saturated carbocycles. The predicted octanol–water partition coefficient (Wildman–Crippen LogP) is -0.435. The van der Waals surface area contributed by atoms with Gasteiger partial charge in [0.1, 0.15) is 0 Å². The molecule has 2 rings (SSSR count). The summed E-state index contributed by atoms with van der Waals surface area (Å²) < 4.78 is 3.83. The molecule has 0 saturated heterocycles. The first-order valence-electron chi connectivity index (χ1n) is 5.61. The molecule has 0 fully saturated rings. The Hall–Kier alpha value is -1.52. The Bertz CT molecular complexity index is 498. The van der Waals surface area contributed by atoms with E-state index >= 15 is 0 Å². The molecule has 0 N–H and O–H groups in total. The van der Waals surface area contributed by atoms with Crippen LogP contribution in [0.3, 0.4) is 0 Å². The van der Waals surface area contributed by atoms with Crippen molar-refractivity contribution in [1.82, 2.24) is 19.6 Å². The van der Waals surface area contributed by atoms with Crippen molar-refractivity contribution in [2.45, 2.75) is 19.8 Å². The van der Waals surface area contributed by atoms with Crippen LogP contribution in [0.4, 0.5) is 0 Å². The van der Waals surface area contributed by atoms with E-state index in [1.165, 1.54) is 11.3 Å². The first-order chi connectivity index (χ1) is 7.60. The van der Waals surface area contributed by atoms with Crippen molar-refractivity contribution in [3.63, 3.8) is 0 Å². The van der Waals surface area contributed by atoms with Gasteiger partial charge in [-0.15, -0.1) is 0 Å². The Morgan fingerprint density at radius 1 is 1.31 bits per heavy atom. The van der Waals surface area contributed by atoms with Crippen LogP contribution in [0.5, 0.6) is 0 Å². The lowest BCUT2D eigenvalue weighted by Crippen LogP contribution is -2.12. The molecule has 0 radical (unpaired) electrons. The summed E-state index contributed by atoms with van der Waals surface area (Å²) in [4.78, 5) is 0. The summed E-state index contributed by atoms with van der Waals surface area (Å²) in [7, 11) is 6.00. The largest absolute Gasteiger partial charge is 0.276 e. The van der Waals surface area contributed by atoms with Gasteiger partial charge in [0.2, 0.25) is 0 Å². The Morgan fingerprint density at radius 3 is 2.56 bits per heavy atom. The molecule has 16 heavy (non-hydrogen) atoms. The lowest BCUT2D eigenvalue weighted by atomic mass is 9.97. The molecule has 0 amide bonds. The van der Waals surface area contributed by atoms with Gasteiger partial charge in [-0.3, -0.25) is 9.36 Å². The third-order valence-electron chi connectivity index (χ3n) is 2.88. The van der Waals surface area contributed by atoms with Gasteiger partial charge in [0.15, 0.2) is 7.85 Å². The zero-order valence-electron chi connectivity index (χ0n) is 10.4. The van der Waals surface area contributed by atoms with Gasteiger partial charge in [-0.05, 0) is 18.1 Å². The van der Waals surface area contributed by atoms with Crippen LogP contribution in [0.2, 0.25) is 0 Å². The molecule has 4 nitrogen and oxygen atoms in total. The topological polar surface area (TPSA) is 35.6 Å². The molecule has 84 valence electrons. The summed E-state index contributed by atoms with van der Waals surface area (Å²) in [6.07, 6.45) is 3.97. The van der Waals surface area contributed by atoms with Gasteiger partial charge in [-0.2, -0.15) is 10.2 Å². The van der Waals surface area contributed by atoms with Gasteiger partial charge in [0.25, 0.3) is 0 Å². The number of hydrogen-bond acceptors (Lipinski definition) is 2. The average Bonchev–Trinajstić information content (AvgIpc) is 2.72. The minimum Gasteiger partial charge on any atom is -0.276 e. The third kappa shape index (κ3) is 2.03. The molecule has 0 bridgehead atoms. The fourth-order valence-electron chi connectivity index (χ4n) is 1.93. The molecule has 0 aromatic carbocycles. The number of aryl methyl sites for hydroxylation is 3. The maximum Gasteiger partial charge on any atom is 0.166 e. The Morgan fingerprint density at radius 2 is 2.06 bits per heavy atom. The molecule has 0 aliphatic carbocycles. The van der Waals surface area contributed by atoms with Gasteiger partial charge < -0.3 is 0 Å². The fraction of sp³-hybridized carbons (Fsp3) is 0.455. The molecule has 0 unspecified atom stereocenters. The molecule has 0 spiro atoms. The second-order valence-corrected chi connectivity index (χ2v) is 4.19. The Balaban J connectivity index is 2.26. The average molecular weight is 216 g/mol. The highest BCUT2D eigenvalue weighted by molar-refractivity contribution is 6.31. The van der Waals surface area contributed by atoms with E-state index < -0.39 is 0 Å². The van der Waals surface area contributed by atoms with Gasteiger partial charge in [0, 0.05) is 38.0 Å². The quantitative estimate of drug-likeness (QED) is 0.652. The molecule has 2 heterocycles. The summed E-state index contributed by atoms with van der Waals surface area (Å²) in [5, 5.41) is 8.80. The molecule has 5 heteroatoms. The van der Waals surface area contributed by atoms with Crippen molar-refractivity contribution in [3.05, 3.63) is 29.2 Å². The minimum atomic E-state index is 0.906. The fourth-order valence-corrected chi connectivity index (χ4v) is 1.93. The zero-order chi connectivity index (χ0) is 11.7. The van der Waals surface area contributed by atoms with E-state index in [-0.39, 0.29) is 0 Å². The second kappa shape index (κ2) is 4.16. The molecule has 2 aromatic rings. The first kappa shape index (κ1) is 11.0. The number of rotatable bonds is 3. The maximum absolute atomic E-state index is 4.45. The highest BCUT2D eigenvalue weighted by atomic mass is 15.3. The van der Waals surface area contributed by atoms with Crippen LogP contribution in [0, 0.1) is 0 Å². The Kier molecular flexibility index (Phi) is 2.85. The van der Waals surface area contributed by atoms with Crippen molar-refractivity contribution in [2.24, 2.45) is 14.1 Å². The number of aromatic nitrogens is 4. The molecule has 0 atom stereocenters. The minimum absolute atomic E-state index is 0.906. The maximum atomic E-state index is 4.45. The van der Waals surface area contributed by atoms with Crippen LogP contribution < -0.4 is 5.59 Å². The van der Waals surface area contributed by atoms with Gasteiger partial charge in [0.05, 0.1) is 5.69 Å². The molecule has 0 aliphatic rings. The highest BCUT2D eigenvalue weighted by Gasteiger charge is 2.08.